The molecule has 0 aliphatic carbocycles. The van der Waals surface area contributed by atoms with Gasteiger partial charge in [-0.1, -0.05) is 17.3 Å². The van der Waals surface area contributed by atoms with Gasteiger partial charge in [-0.2, -0.15) is 4.98 Å². The minimum Gasteiger partial charge on any atom is -0.493 e. The number of nitrogens with one attached hydrogen (secondary N) is 1. The third-order valence-corrected chi connectivity index (χ3v) is 4.70. The predicted octanol–water partition coefficient (Wildman–Crippen LogP) is 4.67. The molecule has 0 unspecified atom stereocenters. The maximum absolute atomic E-state index is 12.6. The van der Waals surface area contributed by atoms with E-state index in [1.807, 2.05) is 6.07 Å². The molecule has 4 rings (SSSR count). The zero-order valence-corrected chi connectivity index (χ0v) is 18.2. The summed E-state index contributed by atoms with van der Waals surface area (Å²) >= 11 is 0. The second-order valence-corrected chi connectivity index (χ2v) is 6.73. The van der Waals surface area contributed by atoms with Gasteiger partial charge in [-0.3, -0.25) is 4.79 Å². The van der Waals surface area contributed by atoms with E-state index in [1.165, 1.54) is 33.7 Å². The molecular weight excluding hydrogens is 426 g/mol. The SMILES string of the molecule is COc1cc(C=CC(=O)Nc2ccccc2-c2nc(-c3ccco3)no2)cc(OC)c1OC. The molecule has 1 amide bonds. The van der Waals surface area contributed by atoms with Crippen LogP contribution in [0.3, 0.4) is 0 Å². The van der Waals surface area contributed by atoms with E-state index < -0.39 is 0 Å². The molecule has 0 aliphatic heterocycles. The van der Waals surface area contributed by atoms with E-state index in [1.54, 1.807) is 48.5 Å². The van der Waals surface area contributed by atoms with Crippen molar-refractivity contribution >= 4 is 17.7 Å². The van der Waals surface area contributed by atoms with Crippen molar-refractivity contribution in [3.8, 4) is 40.3 Å². The van der Waals surface area contributed by atoms with E-state index in [2.05, 4.69) is 15.5 Å². The van der Waals surface area contributed by atoms with Crippen molar-refractivity contribution in [3.63, 3.8) is 0 Å². The standard InChI is InChI=1S/C24H21N3O6/c1-29-19-13-15(14-20(30-2)22(19)31-3)10-11-21(28)25-17-8-5-4-7-16(17)24-26-23(27-33-24)18-9-6-12-32-18/h4-14H,1-3H3,(H,25,28). The van der Waals surface area contributed by atoms with E-state index in [9.17, 15) is 4.79 Å². The number of furan rings is 1. The van der Waals surface area contributed by atoms with Gasteiger partial charge >= 0.3 is 0 Å². The first-order valence-electron chi connectivity index (χ1n) is 9.89. The Morgan fingerprint density at radius 1 is 1.00 bits per heavy atom. The molecule has 168 valence electrons. The number of hydrogen-bond donors (Lipinski definition) is 1. The van der Waals surface area contributed by atoms with Crippen LogP contribution in [-0.2, 0) is 4.79 Å². The zero-order valence-electron chi connectivity index (χ0n) is 18.2. The van der Waals surface area contributed by atoms with Crippen LogP contribution in [0.1, 0.15) is 5.56 Å². The summed E-state index contributed by atoms with van der Waals surface area (Å²) < 4.78 is 26.7. The molecule has 2 heterocycles. The average molecular weight is 447 g/mol. The summed E-state index contributed by atoms with van der Waals surface area (Å²) in [5.41, 5.74) is 1.80. The number of rotatable bonds is 8. The van der Waals surface area contributed by atoms with Crippen molar-refractivity contribution in [2.45, 2.75) is 0 Å². The number of methoxy groups -OCH3 is 3. The molecule has 2 aromatic heterocycles. The minimum absolute atomic E-state index is 0.255. The second kappa shape index (κ2) is 9.73. The van der Waals surface area contributed by atoms with Crippen molar-refractivity contribution < 1.29 is 27.9 Å². The van der Waals surface area contributed by atoms with Gasteiger partial charge in [0.2, 0.25) is 17.5 Å². The van der Waals surface area contributed by atoms with Crippen LogP contribution in [0.2, 0.25) is 0 Å². The van der Waals surface area contributed by atoms with Gasteiger partial charge in [0.05, 0.1) is 38.8 Å². The van der Waals surface area contributed by atoms with Crippen molar-refractivity contribution in [1.82, 2.24) is 10.1 Å². The molecule has 9 heteroatoms. The summed E-state index contributed by atoms with van der Waals surface area (Å²) in [4.78, 5) is 17.0. The van der Waals surface area contributed by atoms with Gasteiger partial charge in [-0.15, -0.1) is 0 Å². The number of anilines is 1. The molecule has 4 aromatic rings. The molecule has 0 saturated carbocycles. The van der Waals surface area contributed by atoms with Gasteiger partial charge in [0, 0.05) is 6.08 Å². The normalized spacial score (nSPS) is 10.9. The molecule has 0 aliphatic rings. The Morgan fingerprint density at radius 2 is 1.76 bits per heavy atom. The third kappa shape index (κ3) is 4.72. The highest BCUT2D eigenvalue weighted by molar-refractivity contribution is 6.04. The second-order valence-electron chi connectivity index (χ2n) is 6.73. The van der Waals surface area contributed by atoms with E-state index in [4.69, 9.17) is 23.2 Å². The number of carbonyl (C=O) groups is 1. The van der Waals surface area contributed by atoms with Crippen LogP contribution in [-0.4, -0.2) is 37.4 Å². The van der Waals surface area contributed by atoms with E-state index in [0.717, 1.165) is 0 Å². The number of carbonyl (C=O) groups excluding carboxylic acids is 1. The van der Waals surface area contributed by atoms with Crippen LogP contribution in [0.5, 0.6) is 17.2 Å². The van der Waals surface area contributed by atoms with Crippen LogP contribution < -0.4 is 19.5 Å². The summed E-state index contributed by atoms with van der Waals surface area (Å²) in [5, 5.41) is 6.78. The quantitative estimate of drug-likeness (QED) is 0.388. The lowest BCUT2D eigenvalue weighted by Crippen LogP contribution is -2.08. The van der Waals surface area contributed by atoms with Crippen LogP contribution in [0.25, 0.3) is 29.1 Å². The van der Waals surface area contributed by atoms with Gasteiger partial charge in [-0.25, -0.2) is 0 Å². The first kappa shape index (κ1) is 21.7. The maximum Gasteiger partial charge on any atom is 0.260 e. The summed E-state index contributed by atoms with van der Waals surface area (Å²) in [6.45, 7) is 0. The Morgan fingerprint density at radius 3 is 2.42 bits per heavy atom. The van der Waals surface area contributed by atoms with E-state index >= 15 is 0 Å². The lowest BCUT2D eigenvalue weighted by atomic mass is 10.1. The number of hydrogen-bond acceptors (Lipinski definition) is 8. The van der Waals surface area contributed by atoms with Gasteiger partial charge in [0.15, 0.2) is 17.3 Å². The minimum atomic E-state index is -0.345. The number of benzene rings is 2. The van der Waals surface area contributed by atoms with E-state index in [0.29, 0.717) is 45.6 Å². The Bertz CT molecular complexity index is 1250. The molecular formula is C24H21N3O6. The number of ether oxygens (including phenoxy) is 3. The number of nitrogens with zero attached hydrogens (tertiary/aromatic N) is 2. The van der Waals surface area contributed by atoms with Crippen molar-refractivity contribution in [2.75, 3.05) is 26.6 Å². The third-order valence-electron chi connectivity index (χ3n) is 4.70. The Hall–Kier alpha value is -4.53. The van der Waals surface area contributed by atoms with Gasteiger partial charge < -0.3 is 28.5 Å². The lowest BCUT2D eigenvalue weighted by Gasteiger charge is -2.12. The molecule has 33 heavy (non-hydrogen) atoms. The Balaban J connectivity index is 1.54. The highest BCUT2D eigenvalue weighted by atomic mass is 16.5. The molecule has 0 fully saturated rings. The molecule has 1 N–H and O–H groups in total. The van der Waals surface area contributed by atoms with Gasteiger partial charge in [0.1, 0.15) is 0 Å². The summed E-state index contributed by atoms with van der Waals surface area (Å²) in [7, 11) is 4.59. The Kier molecular flexibility index (Phi) is 6.40. The maximum atomic E-state index is 12.6. The molecule has 0 atom stereocenters. The highest BCUT2D eigenvalue weighted by Gasteiger charge is 2.16. The van der Waals surface area contributed by atoms with Crippen LogP contribution in [0, 0.1) is 0 Å². The van der Waals surface area contributed by atoms with E-state index in [-0.39, 0.29) is 11.8 Å². The van der Waals surface area contributed by atoms with Crippen LogP contribution >= 0.6 is 0 Å². The predicted molar refractivity (Wildman–Crippen MR) is 121 cm³/mol. The summed E-state index contributed by atoms with van der Waals surface area (Å²) in [6, 6.07) is 14.1. The number of amides is 1. The number of para-hydroxylation sites is 1. The van der Waals surface area contributed by atoms with Crippen molar-refractivity contribution in [2.24, 2.45) is 0 Å². The number of aromatic nitrogens is 2. The fraction of sp³-hybridized carbons (Fsp3) is 0.125. The summed E-state index contributed by atoms with van der Waals surface area (Å²) in [6.07, 6.45) is 4.57. The monoisotopic (exact) mass is 447 g/mol. The first-order chi connectivity index (χ1) is 16.1. The van der Waals surface area contributed by atoms with Crippen LogP contribution in [0.15, 0.2) is 69.8 Å². The lowest BCUT2D eigenvalue weighted by molar-refractivity contribution is -0.111. The highest BCUT2D eigenvalue weighted by Crippen LogP contribution is 2.38. The van der Waals surface area contributed by atoms with Crippen LogP contribution in [0.4, 0.5) is 5.69 Å². The fourth-order valence-electron chi connectivity index (χ4n) is 3.16. The fourth-order valence-corrected chi connectivity index (χ4v) is 3.16. The molecule has 0 spiro atoms. The van der Waals surface area contributed by atoms with Gasteiger partial charge in [0.25, 0.3) is 5.89 Å². The van der Waals surface area contributed by atoms with Gasteiger partial charge in [-0.05, 0) is 48.0 Å². The molecule has 0 radical (unpaired) electrons. The first-order valence-corrected chi connectivity index (χ1v) is 9.89. The average Bonchev–Trinajstić information content (AvgIpc) is 3.54. The molecule has 9 nitrogen and oxygen atoms in total. The Labute approximate surface area is 189 Å². The summed E-state index contributed by atoms with van der Waals surface area (Å²) in [5.74, 6) is 2.17. The molecule has 0 saturated heterocycles. The molecule has 2 aromatic carbocycles. The smallest absolute Gasteiger partial charge is 0.260 e. The van der Waals surface area contributed by atoms with Crippen molar-refractivity contribution in [3.05, 3.63) is 66.4 Å². The zero-order chi connectivity index (χ0) is 23.2. The topological polar surface area (TPSA) is 109 Å². The van der Waals surface area contributed by atoms with Crippen molar-refractivity contribution in [1.29, 1.82) is 0 Å². The largest absolute Gasteiger partial charge is 0.493 e. The molecule has 0 bridgehead atoms.